The van der Waals surface area contributed by atoms with Gasteiger partial charge < -0.3 is 4.90 Å². The van der Waals surface area contributed by atoms with E-state index in [1.165, 1.54) is 12.8 Å². The fraction of sp³-hybridized carbons (Fsp3) is 0.800. The molecule has 1 amide bonds. The zero-order valence-corrected chi connectivity index (χ0v) is 12.7. The average molecular weight is 276 g/mol. The minimum atomic E-state index is -0.0890. The van der Waals surface area contributed by atoms with Crippen LogP contribution >= 0.6 is 0 Å². The Morgan fingerprint density at radius 2 is 2.00 bits per heavy atom. The highest BCUT2D eigenvalue weighted by Crippen LogP contribution is 2.38. The summed E-state index contributed by atoms with van der Waals surface area (Å²) in [7, 11) is 0. The lowest BCUT2D eigenvalue weighted by molar-refractivity contribution is -0.134. The molecule has 1 saturated carbocycles. The fourth-order valence-corrected chi connectivity index (χ4v) is 2.72. The van der Waals surface area contributed by atoms with Crippen LogP contribution in [0.15, 0.2) is 0 Å². The maximum absolute atomic E-state index is 12.0. The molecule has 110 valence electrons. The number of hydrogen-bond acceptors (Lipinski definition) is 3. The summed E-state index contributed by atoms with van der Waals surface area (Å²) in [5, 5.41) is 4.70. The Morgan fingerprint density at radius 3 is 2.60 bits per heavy atom. The molecule has 1 aliphatic carbocycles. The van der Waals surface area contributed by atoms with Crippen LogP contribution < -0.4 is 0 Å². The molecule has 0 bridgehead atoms. The third-order valence-corrected chi connectivity index (χ3v) is 4.02. The van der Waals surface area contributed by atoms with Crippen molar-refractivity contribution in [1.29, 1.82) is 0 Å². The van der Waals surface area contributed by atoms with Gasteiger partial charge in [0.15, 0.2) is 5.82 Å². The second-order valence-corrected chi connectivity index (χ2v) is 7.02. The first-order valence-corrected chi connectivity index (χ1v) is 7.69. The summed E-state index contributed by atoms with van der Waals surface area (Å²) >= 11 is 0. The summed E-state index contributed by atoms with van der Waals surface area (Å²) in [6.45, 7) is 7.88. The predicted molar refractivity (Wildman–Crippen MR) is 76.3 cm³/mol. The van der Waals surface area contributed by atoms with E-state index in [4.69, 9.17) is 10.1 Å². The zero-order valence-electron chi connectivity index (χ0n) is 12.7. The van der Waals surface area contributed by atoms with Crippen LogP contribution in [-0.2, 0) is 16.9 Å². The van der Waals surface area contributed by atoms with Crippen LogP contribution in [0.5, 0.6) is 0 Å². The van der Waals surface area contributed by atoms with Gasteiger partial charge in [0.25, 0.3) is 0 Å². The van der Waals surface area contributed by atoms with Crippen molar-refractivity contribution in [3.8, 4) is 0 Å². The lowest BCUT2D eigenvalue weighted by Gasteiger charge is -2.28. The number of carbonyl (C=O) groups excluding carboxylic acids is 1. The Labute approximate surface area is 120 Å². The minimum Gasteiger partial charge on any atom is -0.335 e. The Kier molecular flexibility index (Phi) is 3.30. The largest absolute Gasteiger partial charge is 0.335 e. The van der Waals surface area contributed by atoms with Gasteiger partial charge in [-0.1, -0.05) is 0 Å². The molecular weight excluding hydrogens is 252 g/mol. The molecule has 2 fully saturated rings. The third-order valence-electron chi connectivity index (χ3n) is 4.02. The lowest BCUT2D eigenvalue weighted by Crippen LogP contribution is -2.37. The van der Waals surface area contributed by atoms with Gasteiger partial charge >= 0.3 is 0 Å². The van der Waals surface area contributed by atoms with E-state index in [-0.39, 0.29) is 11.4 Å². The highest BCUT2D eigenvalue weighted by atomic mass is 16.2. The van der Waals surface area contributed by atoms with E-state index >= 15 is 0 Å². The van der Waals surface area contributed by atoms with Crippen molar-refractivity contribution < 1.29 is 4.79 Å². The monoisotopic (exact) mass is 276 g/mol. The van der Waals surface area contributed by atoms with Gasteiger partial charge in [-0.15, -0.1) is 0 Å². The molecule has 3 rings (SSSR count). The average Bonchev–Trinajstić information content (AvgIpc) is 3.12. The number of hydrogen-bond donors (Lipinski definition) is 0. The number of rotatable bonds is 3. The van der Waals surface area contributed by atoms with E-state index in [0.717, 1.165) is 31.0 Å². The standard InChI is InChI=1S/C15H24N4O/c1-15(2,3)19-12(16-14(17-19)11-7-8-11)10-18-9-5-4-6-13(18)20/h11H,4-10H2,1-3H3. The van der Waals surface area contributed by atoms with Gasteiger partial charge in [0.05, 0.1) is 12.1 Å². The van der Waals surface area contributed by atoms with E-state index in [1.807, 2.05) is 9.58 Å². The molecular formula is C15H24N4O. The molecule has 5 nitrogen and oxygen atoms in total. The molecule has 0 N–H and O–H groups in total. The molecule has 20 heavy (non-hydrogen) atoms. The lowest BCUT2D eigenvalue weighted by atomic mass is 10.1. The van der Waals surface area contributed by atoms with Crippen molar-refractivity contribution in [3.63, 3.8) is 0 Å². The normalized spacial score (nSPS) is 20.6. The van der Waals surface area contributed by atoms with E-state index in [1.54, 1.807) is 0 Å². The van der Waals surface area contributed by atoms with Crippen molar-refractivity contribution in [1.82, 2.24) is 19.7 Å². The number of carbonyl (C=O) groups is 1. The van der Waals surface area contributed by atoms with Gasteiger partial charge in [0.1, 0.15) is 5.82 Å². The number of amides is 1. The summed E-state index contributed by atoms with van der Waals surface area (Å²) in [5.74, 6) is 2.72. The summed E-state index contributed by atoms with van der Waals surface area (Å²) in [6, 6.07) is 0. The van der Waals surface area contributed by atoms with Crippen LogP contribution in [0.1, 0.15) is 70.4 Å². The Bertz CT molecular complexity index is 510. The number of piperidine rings is 1. The van der Waals surface area contributed by atoms with Crippen molar-refractivity contribution in [2.45, 2.75) is 70.9 Å². The summed E-state index contributed by atoms with van der Waals surface area (Å²) in [4.78, 5) is 18.6. The minimum absolute atomic E-state index is 0.0890. The quantitative estimate of drug-likeness (QED) is 0.852. The Balaban J connectivity index is 1.85. The van der Waals surface area contributed by atoms with Gasteiger partial charge in [0.2, 0.25) is 5.91 Å². The molecule has 1 saturated heterocycles. The fourth-order valence-electron chi connectivity index (χ4n) is 2.72. The van der Waals surface area contributed by atoms with Crippen LogP contribution in [0.3, 0.4) is 0 Å². The molecule has 5 heteroatoms. The molecule has 0 atom stereocenters. The third kappa shape index (κ3) is 2.72. The maximum atomic E-state index is 12.0. The molecule has 0 radical (unpaired) electrons. The molecule has 2 aliphatic rings. The second-order valence-electron chi connectivity index (χ2n) is 7.02. The summed E-state index contributed by atoms with van der Waals surface area (Å²) < 4.78 is 2.02. The van der Waals surface area contributed by atoms with Crippen LogP contribution in [-0.4, -0.2) is 32.1 Å². The first-order valence-electron chi connectivity index (χ1n) is 7.69. The van der Waals surface area contributed by atoms with Crippen molar-refractivity contribution in [2.75, 3.05) is 6.54 Å². The molecule has 2 heterocycles. The van der Waals surface area contributed by atoms with E-state index in [0.29, 0.717) is 18.9 Å². The van der Waals surface area contributed by atoms with Crippen molar-refractivity contribution >= 4 is 5.91 Å². The molecule has 1 aromatic heterocycles. The van der Waals surface area contributed by atoms with Crippen LogP contribution in [0.2, 0.25) is 0 Å². The molecule has 0 aromatic carbocycles. The van der Waals surface area contributed by atoms with Crippen molar-refractivity contribution in [3.05, 3.63) is 11.6 Å². The summed E-state index contributed by atoms with van der Waals surface area (Å²) in [6.07, 6.45) is 5.21. The van der Waals surface area contributed by atoms with Gasteiger partial charge in [-0.25, -0.2) is 9.67 Å². The molecule has 1 aromatic rings. The van der Waals surface area contributed by atoms with Gasteiger partial charge in [0, 0.05) is 18.9 Å². The van der Waals surface area contributed by atoms with E-state index in [9.17, 15) is 4.79 Å². The van der Waals surface area contributed by atoms with Crippen LogP contribution in [0, 0.1) is 0 Å². The number of aromatic nitrogens is 3. The highest BCUT2D eigenvalue weighted by Gasteiger charge is 2.32. The molecule has 1 aliphatic heterocycles. The second kappa shape index (κ2) is 4.86. The first kappa shape index (κ1) is 13.6. The van der Waals surface area contributed by atoms with Crippen molar-refractivity contribution in [2.24, 2.45) is 0 Å². The topological polar surface area (TPSA) is 51.0 Å². The highest BCUT2D eigenvalue weighted by molar-refractivity contribution is 5.76. The van der Waals surface area contributed by atoms with Gasteiger partial charge in [-0.2, -0.15) is 5.10 Å². The van der Waals surface area contributed by atoms with E-state index < -0.39 is 0 Å². The molecule has 0 spiro atoms. The Morgan fingerprint density at radius 1 is 1.25 bits per heavy atom. The first-order chi connectivity index (χ1) is 9.45. The van der Waals surface area contributed by atoms with Gasteiger partial charge in [-0.3, -0.25) is 4.79 Å². The van der Waals surface area contributed by atoms with Crippen LogP contribution in [0.4, 0.5) is 0 Å². The number of nitrogens with zero attached hydrogens (tertiary/aromatic N) is 4. The smallest absolute Gasteiger partial charge is 0.222 e. The number of likely N-dealkylation sites (tertiary alicyclic amines) is 1. The Hall–Kier alpha value is -1.39. The predicted octanol–water partition coefficient (Wildman–Crippen LogP) is 2.42. The molecule has 0 unspecified atom stereocenters. The summed E-state index contributed by atoms with van der Waals surface area (Å²) in [5.41, 5.74) is -0.0890. The van der Waals surface area contributed by atoms with Crippen LogP contribution in [0.25, 0.3) is 0 Å². The van der Waals surface area contributed by atoms with Gasteiger partial charge in [-0.05, 0) is 46.5 Å². The zero-order chi connectivity index (χ0) is 14.3. The maximum Gasteiger partial charge on any atom is 0.222 e. The SMILES string of the molecule is CC(C)(C)n1nc(C2CC2)nc1CN1CCCCC1=O. The van der Waals surface area contributed by atoms with E-state index in [2.05, 4.69) is 20.8 Å².